The molecule has 1 amide bonds. The SMILES string of the molecule is CNC(=O)c1ccc([18F])cc1. The van der Waals surface area contributed by atoms with Crippen LogP contribution in [0.15, 0.2) is 24.3 Å². The number of benzene rings is 1. The average molecular weight is 152 g/mol. The largest absolute Gasteiger partial charge is 0.355 e. The van der Waals surface area contributed by atoms with Crippen LogP contribution in [0.3, 0.4) is 0 Å². The van der Waals surface area contributed by atoms with E-state index in [1.165, 1.54) is 31.3 Å². The Morgan fingerprint density at radius 1 is 1.36 bits per heavy atom. The summed E-state index contributed by atoms with van der Waals surface area (Å²) >= 11 is 0. The zero-order valence-electron chi connectivity index (χ0n) is 6.10. The molecule has 0 bridgehead atoms. The van der Waals surface area contributed by atoms with Gasteiger partial charge >= 0.3 is 0 Å². The van der Waals surface area contributed by atoms with E-state index in [4.69, 9.17) is 0 Å². The maximum Gasteiger partial charge on any atom is 0.251 e. The Morgan fingerprint density at radius 3 is 2.36 bits per heavy atom. The van der Waals surface area contributed by atoms with E-state index < -0.39 is 0 Å². The average Bonchev–Trinajstić information content (AvgIpc) is 2.05. The second kappa shape index (κ2) is 3.14. The summed E-state index contributed by atoms with van der Waals surface area (Å²) in [5.74, 6) is -0.539. The molecule has 0 radical (unpaired) electrons. The number of halogens is 1. The van der Waals surface area contributed by atoms with Crippen molar-refractivity contribution in [3.05, 3.63) is 35.6 Å². The Hall–Kier alpha value is -1.38. The van der Waals surface area contributed by atoms with Gasteiger partial charge in [-0.1, -0.05) is 0 Å². The Morgan fingerprint density at radius 2 is 1.91 bits per heavy atom. The molecule has 11 heavy (non-hydrogen) atoms. The molecule has 0 saturated carbocycles. The number of carbonyl (C=O) groups excluding carboxylic acids is 1. The van der Waals surface area contributed by atoms with Crippen LogP contribution >= 0.6 is 0 Å². The zero-order valence-corrected chi connectivity index (χ0v) is 6.10. The van der Waals surface area contributed by atoms with Gasteiger partial charge in [-0.25, -0.2) is 4.39 Å². The van der Waals surface area contributed by atoms with Crippen molar-refractivity contribution in [2.75, 3.05) is 7.05 Å². The normalized spacial score (nSPS) is 9.27. The van der Waals surface area contributed by atoms with Crippen LogP contribution in [0.5, 0.6) is 0 Å². The summed E-state index contributed by atoms with van der Waals surface area (Å²) in [4.78, 5) is 10.9. The van der Waals surface area contributed by atoms with Gasteiger partial charge in [-0.3, -0.25) is 4.79 Å². The second-order valence-electron chi connectivity index (χ2n) is 2.09. The van der Waals surface area contributed by atoms with Crippen LogP contribution in [-0.2, 0) is 0 Å². The minimum absolute atomic E-state index is 0.204. The van der Waals surface area contributed by atoms with Crippen LogP contribution in [0, 0.1) is 5.82 Å². The van der Waals surface area contributed by atoms with Gasteiger partial charge < -0.3 is 5.32 Å². The standard InChI is InChI=1S/C8H8FNO/c1-10-8(11)6-2-4-7(9)5-3-6/h2-5H,1H3,(H,10,11)/i9-1. The molecule has 1 aromatic carbocycles. The first kappa shape index (κ1) is 7.72. The fourth-order valence-electron chi connectivity index (χ4n) is 0.746. The monoisotopic (exact) mass is 152 g/mol. The van der Waals surface area contributed by atoms with E-state index >= 15 is 0 Å². The predicted octanol–water partition coefficient (Wildman–Crippen LogP) is 1.19. The zero-order chi connectivity index (χ0) is 8.27. The molecule has 0 unspecified atom stereocenters. The molecule has 1 aromatic rings. The molecular formula is C8H8FNO. The lowest BCUT2D eigenvalue weighted by atomic mass is 10.2. The van der Waals surface area contributed by atoms with Crippen molar-refractivity contribution in [1.82, 2.24) is 5.32 Å². The van der Waals surface area contributed by atoms with Crippen LogP contribution in [0.1, 0.15) is 10.4 Å². The Kier molecular flexibility index (Phi) is 2.21. The smallest absolute Gasteiger partial charge is 0.251 e. The molecule has 1 N–H and O–H groups in total. The third-order valence-corrected chi connectivity index (χ3v) is 1.33. The first-order valence-corrected chi connectivity index (χ1v) is 3.21. The molecular weight excluding hydrogens is 144 g/mol. The van der Waals surface area contributed by atoms with E-state index in [1.807, 2.05) is 0 Å². The van der Waals surface area contributed by atoms with Gasteiger partial charge in [0.15, 0.2) is 0 Å². The summed E-state index contributed by atoms with van der Waals surface area (Å²) in [7, 11) is 1.53. The molecule has 0 aromatic heterocycles. The van der Waals surface area contributed by atoms with Crippen molar-refractivity contribution in [3.63, 3.8) is 0 Å². The fraction of sp³-hybridized carbons (Fsp3) is 0.125. The number of carbonyl (C=O) groups is 1. The van der Waals surface area contributed by atoms with Crippen molar-refractivity contribution < 1.29 is 9.18 Å². The van der Waals surface area contributed by atoms with Gasteiger partial charge in [0.25, 0.3) is 5.91 Å². The van der Waals surface area contributed by atoms with E-state index in [2.05, 4.69) is 5.32 Å². The van der Waals surface area contributed by atoms with Crippen molar-refractivity contribution in [3.8, 4) is 0 Å². The van der Waals surface area contributed by atoms with Crippen LogP contribution in [0.4, 0.5) is 4.39 Å². The van der Waals surface area contributed by atoms with E-state index in [0.29, 0.717) is 5.56 Å². The summed E-state index contributed by atoms with van der Waals surface area (Å²) in [5, 5.41) is 2.44. The highest BCUT2D eigenvalue weighted by atomic mass is 18.2. The number of nitrogens with one attached hydrogen (secondary N) is 1. The summed E-state index contributed by atoms with van der Waals surface area (Å²) in [6.07, 6.45) is 0. The predicted molar refractivity (Wildman–Crippen MR) is 39.8 cm³/mol. The van der Waals surface area contributed by atoms with Crippen molar-refractivity contribution in [2.45, 2.75) is 0 Å². The topological polar surface area (TPSA) is 29.1 Å². The maximum atomic E-state index is 12.3. The molecule has 0 heterocycles. The Labute approximate surface area is 64.0 Å². The van der Waals surface area contributed by atoms with Gasteiger partial charge in [0.2, 0.25) is 0 Å². The highest BCUT2D eigenvalue weighted by molar-refractivity contribution is 5.93. The Bertz CT molecular complexity index is 255. The molecule has 0 aliphatic rings. The van der Waals surface area contributed by atoms with Gasteiger partial charge in [-0.05, 0) is 24.3 Å². The summed E-state index contributed by atoms with van der Waals surface area (Å²) in [6, 6.07) is 5.39. The molecule has 0 aliphatic carbocycles. The number of rotatable bonds is 1. The highest BCUT2D eigenvalue weighted by Gasteiger charge is 2.00. The first-order valence-electron chi connectivity index (χ1n) is 3.21. The van der Waals surface area contributed by atoms with Gasteiger partial charge in [0.05, 0.1) is 0 Å². The molecule has 2 nitrogen and oxygen atoms in total. The van der Waals surface area contributed by atoms with Crippen molar-refractivity contribution in [2.24, 2.45) is 0 Å². The number of hydrogen-bond acceptors (Lipinski definition) is 1. The molecule has 58 valence electrons. The third-order valence-electron chi connectivity index (χ3n) is 1.33. The van der Waals surface area contributed by atoms with Crippen molar-refractivity contribution in [1.29, 1.82) is 0 Å². The van der Waals surface area contributed by atoms with E-state index in [0.717, 1.165) is 0 Å². The minimum Gasteiger partial charge on any atom is -0.355 e. The highest BCUT2D eigenvalue weighted by Crippen LogP contribution is 2.01. The Balaban J connectivity index is 2.90. The summed E-state index contributed by atoms with van der Waals surface area (Å²) in [5.41, 5.74) is 0.467. The maximum absolute atomic E-state index is 12.3. The van der Waals surface area contributed by atoms with E-state index in [1.54, 1.807) is 0 Å². The summed E-state index contributed by atoms with van der Waals surface area (Å²) in [6.45, 7) is 0. The lowest BCUT2D eigenvalue weighted by Gasteiger charge is -1.97. The third kappa shape index (κ3) is 1.77. The van der Waals surface area contributed by atoms with Gasteiger partial charge in [-0.15, -0.1) is 0 Å². The molecule has 0 fully saturated rings. The lowest BCUT2D eigenvalue weighted by Crippen LogP contribution is -2.17. The number of hydrogen-bond donors (Lipinski definition) is 1. The number of amides is 1. The van der Waals surface area contributed by atoms with Crippen LogP contribution in [0.2, 0.25) is 0 Å². The fourth-order valence-corrected chi connectivity index (χ4v) is 0.746. The quantitative estimate of drug-likeness (QED) is 0.643. The van der Waals surface area contributed by atoms with E-state index in [-0.39, 0.29) is 11.7 Å². The van der Waals surface area contributed by atoms with Gasteiger partial charge in [-0.2, -0.15) is 0 Å². The molecule has 1 rings (SSSR count). The van der Waals surface area contributed by atoms with Crippen LogP contribution < -0.4 is 5.32 Å². The van der Waals surface area contributed by atoms with Crippen molar-refractivity contribution >= 4 is 5.91 Å². The van der Waals surface area contributed by atoms with Gasteiger partial charge in [0, 0.05) is 12.6 Å². The van der Waals surface area contributed by atoms with Crippen LogP contribution in [-0.4, -0.2) is 13.0 Å². The molecule has 3 heteroatoms. The van der Waals surface area contributed by atoms with Crippen LogP contribution in [0.25, 0.3) is 0 Å². The molecule has 0 saturated heterocycles. The molecule has 0 atom stereocenters. The van der Waals surface area contributed by atoms with E-state index in [9.17, 15) is 9.18 Å². The first-order chi connectivity index (χ1) is 5.24. The molecule has 0 aliphatic heterocycles. The molecule has 0 spiro atoms. The lowest BCUT2D eigenvalue weighted by molar-refractivity contribution is 0.0963. The minimum atomic E-state index is -0.336. The summed E-state index contributed by atoms with van der Waals surface area (Å²) < 4.78 is 12.3. The van der Waals surface area contributed by atoms with Gasteiger partial charge in [0.1, 0.15) is 5.82 Å². The second-order valence-corrected chi connectivity index (χ2v) is 2.09.